The Morgan fingerprint density at radius 1 is 0.852 bits per heavy atom. The Morgan fingerprint density at radius 2 is 1.63 bits per heavy atom. The molecule has 5 aromatic rings. The molecule has 0 atom stereocenters. The largest absolute Gasteiger partial charge is 0.298 e. The second-order valence-electron chi connectivity index (χ2n) is 7.12. The van der Waals surface area contributed by atoms with Gasteiger partial charge in [-0.05, 0) is 17.5 Å². The molecule has 0 fully saturated rings. The summed E-state index contributed by atoms with van der Waals surface area (Å²) in [4.78, 5) is 4.69. The third kappa shape index (κ3) is 2.58. The van der Waals surface area contributed by atoms with Crippen LogP contribution >= 0.6 is 11.3 Å². The molecule has 0 aliphatic rings. The maximum atomic E-state index is 4.69. The summed E-state index contributed by atoms with van der Waals surface area (Å²) in [5.74, 6) is 1.42. The predicted molar refractivity (Wildman–Crippen MR) is 116 cm³/mol. The van der Waals surface area contributed by atoms with E-state index in [1.807, 2.05) is 23.6 Å². The van der Waals surface area contributed by atoms with Crippen LogP contribution in [0, 0.1) is 0 Å². The van der Waals surface area contributed by atoms with Gasteiger partial charge in [0.2, 0.25) is 0 Å². The first-order valence-electron chi connectivity index (χ1n) is 9.27. The van der Waals surface area contributed by atoms with Crippen LogP contribution in [0.1, 0.15) is 25.3 Å². The van der Waals surface area contributed by atoms with Crippen molar-refractivity contribution in [2.75, 3.05) is 0 Å². The normalized spacial score (nSPS) is 11.7. The Balaban J connectivity index is 1.88. The molecule has 0 unspecified atom stereocenters. The van der Waals surface area contributed by atoms with Crippen LogP contribution in [0.3, 0.4) is 0 Å². The molecule has 5 rings (SSSR count). The lowest BCUT2D eigenvalue weighted by Crippen LogP contribution is -2.02. The Morgan fingerprint density at radius 3 is 2.44 bits per heavy atom. The van der Waals surface area contributed by atoms with Crippen LogP contribution in [0.5, 0.6) is 0 Å². The van der Waals surface area contributed by atoms with Crippen molar-refractivity contribution in [3.05, 3.63) is 84.7 Å². The molecule has 0 radical (unpaired) electrons. The zero-order chi connectivity index (χ0) is 18.4. The monoisotopic (exact) mass is 368 g/mol. The molecule has 132 valence electrons. The van der Waals surface area contributed by atoms with Crippen LogP contribution in [0.25, 0.3) is 37.2 Å². The van der Waals surface area contributed by atoms with Crippen molar-refractivity contribution in [2.24, 2.45) is 0 Å². The SMILES string of the molecule is CC(C)c1ccc2c(sc3ccccc32)c1-n1ccnc1-c1ccccc1. The summed E-state index contributed by atoms with van der Waals surface area (Å²) in [6, 6.07) is 23.7. The molecular formula is C24H20N2S. The van der Waals surface area contributed by atoms with E-state index in [-0.39, 0.29) is 0 Å². The molecule has 3 heteroatoms. The van der Waals surface area contributed by atoms with Crippen LogP contribution in [0.4, 0.5) is 0 Å². The fraction of sp³-hybridized carbons (Fsp3) is 0.125. The Labute approximate surface area is 162 Å². The van der Waals surface area contributed by atoms with E-state index in [1.54, 1.807) is 0 Å². The molecule has 0 bridgehead atoms. The van der Waals surface area contributed by atoms with Crippen molar-refractivity contribution >= 4 is 31.5 Å². The lowest BCUT2D eigenvalue weighted by molar-refractivity contribution is 0.851. The van der Waals surface area contributed by atoms with Crippen LogP contribution in [0.15, 0.2) is 79.1 Å². The fourth-order valence-electron chi connectivity index (χ4n) is 3.79. The smallest absolute Gasteiger partial charge is 0.144 e. The standard InChI is InChI=1S/C24H20N2S/c1-16(2)18-12-13-20-19-10-6-7-11-21(19)27-23(20)22(18)26-15-14-25-24(26)17-8-4-3-5-9-17/h3-16H,1-2H3. The van der Waals surface area contributed by atoms with E-state index in [0.717, 1.165) is 11.4 Å². The van der Waals surface area contributed by atoms with Gasteiger partial charge in [-0.25, -0.2) is 4.98 Å². The highest BCUT2D eigenvalue weighted by Gasteiger charge is 2.19. The van der Waals surface area contributed by atoms with Crippen LogP contribution in [-0.4, -0.2) is 9.55 Å². The first-order valence-corrected chi connectivity index (χ1v) is 10.1. The number of fused-ring (bicyclic) bond motifs is 3. The molecule has 0 aliphatic heterocycles. The molecule has 0 saturated carbocycles. The van der Waals surface area contributed by atoms with Crippen molar-refractivity contribution in [2.45, 2.75) is 19.8 Å². The van der Waals surface area contributed by atoms with E-state index in [2.05, 4.69) is 85.3 Å². The molecule has 3 aromatic carbocycles. The Bertz CT molecular complexity index is 1250. The number of aromatic nitrogens is 2. The number of hydrogen-bond donors (Lipinski definition) is 0. The van der Waals surface area contributed by atoms with Crippen molar-refractivity contribution in [3.8, 4) is 17.1 Å². The van der Waals surface area contributed by atoms with E-state index in [1.165, 1.54) is 31.4 Å². The molecule has 27 heavy (non-hydrogen) atoms. The van der Waals surface area contributed by atoms with Crippen molar-refractivity contribution in [3.63, 3.8) is 0 Å². The second kappa shape index (κ2) is 6.36. The minimum absolute atomic E-state index is 0.431. The van der Waals surface area contributed by atoms with E-state index < -0.39 is 0 Å². The van der Waals surface area contributed by atoms with Crippen LogP contribution < -0.4 is 0 Å². The van der Waals surface area contributed by atoms with Gasteiger partial charge in [-0.15, -0.1) is 11.3 Å². The minimum atomic E-state index is 0.431. The summed E-state index contributed by atoms with van der Waals surface area (Å²) in [6.45, 7) is 4.52. The van der Waals surface area contributed by atoms with Crippen LogP contribution in [-0.2, 0) is 0 Å². The fourth-order valence-corrected chi connectivity index (χ4v) is 5.04. The number of hydrogen-bond acceptors (Lipinski definition) is 2. The first kappa shape index (κ1) is 16.3. The molecule has 0 N–H and O–H groups in total. The second-order valence-corrected chi connectivity index (χ2v) is 8.17. The lowest BCUT2D eigenvalue weighted by Gasteiger charge is -2.17. The summed E-state index contributed by atoms with van der Waals surface area (Å²) in [6.07, 6.45) is 3.99. The average molecular weight is 369 g/mol. The summed E-state index contributed by atoms with van der Waals surface area (Å²) in [7, 11) is 0. The van der Waals surface area contributed by atoms with E-state index in [4.69, 9.17) is 4.98 Å². The highest BCUT2D eigenvalue weighted by Crippen LogP contribution is 2.41. The summed E-state index contributed by atoms with van der Waals surface area (Å²) < 4.78 is 4.93. The number of imidazole rings is 1. The number of nitrogens with zero attached hydrogens (tertiary/aromatic N) is 2. The maximum Gasteiger partial charge on any atom is 0.144 e. The van der Waals surface area contributed by atoms with Gasteiger partial charge in [0, 0.05) is 33.4 Å². The van der Waals surface area contributed by atoms with Gasteiger partial charge in [0.25, 0.3) is 0 Å². The van der Waals surface area contributed by atoms with Gasteiger partial charge >= 0.3 is 0 Å². The van der Waals surface area contributed by atoms with E-state index >= 15 is 0 Å². The first-order chi connectivity index (χ1) is 13.2. The summed E-state index contributed by atoms with van der Waals surface area (Å²) >= 11 is 1.87. The van der Waals surface area contributed by atoms with Gasteiger partial charge in [0.1, 0.15) is 5.82 Å². The third-order valence-electron chi connectivity index (χ3n) is 5.09. The highest BCUT2D eigenvalue weighted by molar-refractivity contribution is 7.26. The zero-order valence-electron chi connectivity index (χ0n) is 15.4. The molecule has 0 saturated heterocycles. The molecule has 2 aromatic heterocycles. The molecule has 2 heterocycles. The highest BCUT2D eigenvalue weighted by atomic mass is 32.1. The Kier molecular flexibility index (Phi) is 3.83. The van der Waals surface area contributed by atoms with E-state index in [0.29, 0.717) is 5.92 Å². The van der Waals surface area contributed by atoms with Crippen molar-refractivity contribution in [1.29, 1.82) is 0 Å². The van der Waals surface area contributed by atoms with Gasteiger partial charge in [-0.3, -0.25) is 4.57 Å². The lowest BCUT2D eigenvalue weighted by atomic mass is 9.98. The van der Waals surface area contributed by atoms with Gasteiger partial charge in [0.05, 0.1) is 10.4 Å². The quantitative estimate of drug-likeness (QED) is 0.334. The molecule has 2 nitrogen and oxygen atoms in total. The number of thiophene rings is 1. The topological polar surface area (TPSA) is 17.8 Å². The zero-order valence-corrected chi connectivity index (χ0v) is 16.2. The molecule has 0 amide bonds. The van der Waals surface area contributed by atoms with Gasteiger partial charge < -0.3 is 0 Å². The molecular weight excluding hydrogens is 348 g/mol. The van der Waals surface area contributed by atoms with Crippen LogP contribution in [0.2, 0.25) is 0 Å². The average Bonchev–Trinajstić information content (AvgIpc) is 3.32. The van der Waals surface area contributed by atoms with Gasteiger partial charge in [-0.1, -0.05) is 74.5 Å². The minimum Gasteiger partial charge on any atom is -0.298 e. The summed E-state index contributed by atoms with van der Waals surface area (Å²) in [5.41, 5.74) is 3.75. The summed E-state index contributed by atoms with van der Waals surface area (Å²) in [5, 5.41) is 2.65. The van der Waals surface area contributed by atoms with Gasteiger partial charge in [-0.2, -0.15) is 0 Å². The molecule has 0 aliphatic carbocycles. The molecule has 0 spiro atoms. The van der Waals surface area contributed by atoms with Crippen molar-refractivity contribution in [1.82, 2.24) is 9.55 Å². The van der Waals surface area contributed by atoms with E-state index in [9.17, 15) is 0 Å². The van der Waals surface area contributed by atoms with Crippen molar-refractivity contribution < 1.29 is 0 Å². The van der Waals surface area contributed by atoms with Gasteiger partial charge in [0.15, 0.2) is 0 Å². The maximum absolute atomic E-state index is 4.69. The number of rotatable bonds is 3. The third-order valence-corrected chi connectivity index (χ3v) is 6.28. The predicted octanol–water partition coefficient (Wildman–Crippen LogP) is 7.03. The number of benzene rings is 3. The Hall–Kier alpha value is -2.91.